The number of rotatable bonds is 6. The van der Waals surface area contributed by atoms with Gasteiger partial charge in [0.1, 0.15) is 5.54 Å². The Morgan fingerprint density at radius 3 is 2.42 bits per heavy atom. The monoisotopic (exact) mass is 499 g/mol. The number of aromatic nitrogens is 2. The van der Waals surface area contributed by atoms with Crippen LogP contribution in [-0.4, -0.2) is 44.6 Å². The Morgan fingerprint density at radius 2 is 1.78 bits per heavy atom. The summed E-state index contributed by atoms with van der Waals surface area (Å²) in [5, 5.41) is 2.34. The van der Waals surface area contributed by atoms with Crippen molar-refractivity contribution in [2.75, 3.05) is 10.2 Å². The van der Waals surface area contributed by atoms with E-state index in [4.69, 9.17) is 0 Å². The zero-order chi connectivity index (χ0) is 26.1. The molecule has 0 aliphatic carbocycles. The third kappa shape index (κ3) is 4.97. The molecule has 9 nitrogen and oxygen atoms in total. The minimum Gasteiger partial charge on any atom is -0.404 e. The molecule has 1 saturated heterocycles. The van der Waals surface area contributed by atoms with Crippen LogP contribution in [0.1, 0.15) is 29.8 Å². The number of urea groups is 1. The molecule has 0 saturated carbocycles. The maximum absolute atomic E-state index is 13.3. The van der Waals surface area contributed by atoms with Gasteiger partial charge in [-0.3, -0.25) is 19.6 Å². The third-order valence-electron chi connectivity index (χ3n) is 5.53. The van der Waals surface area contributed by atoms with E-state index in [0.29, 0.717) is 0 Å². The zero-order valence-corrected chi connectivity index (χ0v) is 19.1. The van der Waals surface area contributed by atoms with Gasteiger partial charge in [-0.2, -0.15) is 0 Å². The summed E-state index contributed by atoms with van der Waals surface area (Å²) >= 11 is 0. The highest BCUT2D eigenvalue weighted by Crippen LogP contribution is 2.38. The zero-order valence-electron chi connectivity index (χ0n) is 19.1. The minimum absolute atomic E-state index is 0.0358. The molecule has 0 bridgehead atoms. The van der Waals surface area contributed by atoms with Crippen LogP contribution in [0.25, 0.3) is 0 Å². The van der Waals surface area contributed by atoms with Crippen molar-refractivity contribution in [2.24, 2.45) is 0 Å². The molecule has 3 heterocycles. The van der Waals surface area contributed by atoms with Crippen LogP contribution >= 0.6 is 0 Å². The summed E-state index contributed by atoms with van der Waals surface area (Å²) in [4.78, 5) is 49.1. The van der Waals surface area contributed by atoms with Gasteiger partial charge in [0.15, 0.2) is 5.75 Å². The number of hydrogen-bond donors (Lipinski definition) is 1. The van der Waals surface area contributed by atoms with Crippen LogP contribution in [-0.2, 0) is 11.3 Å². The molecule has 36 heavy (non-hydrogen) atoms. The number of amides is 4. The molecule has 0 radical (unpaired) electrons. The number of nitrogens with zero attached hydrogens (tertiary/aromatic N) is 4. The maximum Gasteiger partial charge on any atom is 0.573 e. The molecular weight excluding hydrogens is 479 g/mol. The number of alkyl halides is 3. The molecule has 0 spiro atoms. The largest absolute Gasteiger partial charge is 0.573 e. The number of nitrogens with one attached hydrogen (secondary N) is 1. The summed E-state index contributed by atoms with van der Waals surface area (Å²) in [6.45, 7) is 3.25. The van der Waals surface area contributed by atoms with Gasteiger partial charge in [-0.1, -0.05) is 0 Å². The molecule has 1 N–H and O–H groups in total. The van der Waals surface area contributed by atoms with Crippen molar-refractivity contribution >= 4 is 29.2 Å². The lowest BCUT2D eigenvalue weighted by atomic mass is 10.0. The third-order valence-corrected chi connectivity index (χ3v) is 5.53. The van der Waals surface area contributed by atoms with E-state index in [-0.39, 0.29) is 23.5 Å². The molecule has 4 amide bonds. The predicted molar refractivity (Wildman–Crippen MR) is 122 cm³/mol. The average Bonchev–Trinajstić information content (AvgIpc) is 3.00. The molecule has 2 aromatic heterocycles. The molecule has 1 fully saturated rings. The number of imide groups is 1. The number of carbonyl (C=O) groups is 3. The van der Waals surface area contributed by atoms with Crippen molar-refractivity contribution in [3.63, 3.8) is 0 Å². The van der Waals surface area contributed by atoms with E-state index >= 15 is 0 Å². The highest BCUT2D eigenvalue weighted by atomic mass is 19.4. The van der Waals surface area contributed by atoms with Gasteiger partial charge in [0, 0.05) is 31.3 Å². The highest BCUT2D eigenvalue weighted by Gasteiger charge is 2.52. The number of carbonyl (C=O) groups excluding carboxylic acids is 3. The first-order valence-corrected chi connectivity index (χ1v) is 10.6. The molecule has 4 rings (SSSR count). The summed E-state index contributed by atoms with van der Waals surface area (Å²) in [6, 6.07) is 8.79. The molecule has 0 unspecified atom stereocenters. The van der Waals surface area contributed by atoms with E-state index < -0.39 is 35.5 Å². The number of hydrogen-bond acceptors (Lipinski definition) is 6. The van der Waals surface area contributed by atoms with Crippen molar-refractivity contribution in [2.45, 2.75) is 32.3 Å². The summed E-state index contributed by atoms with van der Waals surface area (Å²) in [5.74, 6) is -2.06. The number of halogens is 3. The van der Waals surface area contributed by atoms with Gasteiger partial charge in [-0.05, 0) is 61.9 Å². The number of anilines is 2. The van der Waals surface area contributed by atoms with E-state index in [1.54, 1.807) is 38.4 Å². The van der Waals surface area contributed by atoms with Gasteiger partial charge in [0.2, 0.25) is 0 Å². The van der Waals surface area contributed by atoms with Crippen molar-refractivity contribution in [3.8, 4) is 5.75 Å². The number of benzene rings is 1. The van der Waals surface area contributed by atoms with Crippen molar-refractivity contribution < 1.29 is 32.3 Å². The van der Waals surface area contributed by atoms with Gasteiger partial charge >= 0.3 is 12.4 Å². The Labute approximate surface area is 203 Å². The van der Waals surface area contributed by atoms with Crippen LogP contribution in [0.15, 0.2) is 67.3 Å². The summed E-state index contributed by atoms with van der Waals surface area (Å²) in [6.07, 6.45) is 0.728. The Bertz CT molecular complexity index is 1300. The summed E-state index contributed by atoms with van der Waals surface area (Å²) < 4.78 is 43.0. The second-order valence-corrected chi connectivity index (χ2v) is 8.35. The van der Waals surface area contributed by atoms with Crippen molar-refractivity contribution in [1.29, 1.82) is 0 Å². The molecule has 3 aromatic rings. The molecule has 1 aliphatic rings. The topological polar surface area (TPSA) is 105 Å². The fraction of sp³-hybridized carbons (Fsp3) is 0.208. The Balaban J connectivity index is 1.69. The van der Waals surface area contributed by atoms with E-state index in [1.165, 1.54) is 29.4 Å². The lowest BCUT2D eigenvalue weighted by Gasteiger charge is -2.27. The Kier molecular flexibility index (Phi) is 6.35. The summed E-state index contributed by atoms with van der Waals surface area (Å²) in [7, 11) is 0. The normalized spacial score (nSPS) is 15.2. The molecule has 186 valence electrons. The SMILES string of the molecule is CC1(C)C(=O)N(c2ccc(OC(F)(F)F)c(NC(=O)c3cccnc3)c2)C(=O)N1Cc1ccncc1. The van der Waals surface area contributed by atoms with Crippen LogP contribution < -0.4 is 15.0 Å². The lowest BCUT2D eigenvalue weighted by Crippen LogP contribution is -2.43. The van der Waals surface area contributed by atoms with E-state index in [0.717, 1.165) is 28.7 Å². The van der Waals surface area contributed by atoms with Crippen LogP contribution in [0.5, 0.6) is 5.75 Å². The quantitative estimate of drug-likeness (QED) is 0.505. The first kappa shape index (κ1) is 24.6. The Morgan fingerprint density at radius 1 is 1.06 bits per heavy atom. The van der Waals surface area contributed by atoms with Crippen LogP contribution in [0.3, 0.4) is 0 Å². The highest BCUT2D eigenvalue weighted by molar-refractivity contribution is 6.23. The van der Waals surface area contributed by atoms with Crippen LogP contribution in [0, 0.1) is 0 Å². The van der Waals surface area contributed by atoms with Gasteiger partial charge in [-0.15, -0.1) is 13.2 Å². The molecule has 12 heteroatoms. The van der Waals surface area contributed by atoms with Crippen molar-refractivity contribution in [1.82, 2.24) is 14.9 Å². The van der Waals surface area contributed by atoms with Gasteiger partial charge in [0.05, 0.1) is 16.9 Å². The molecule has 1 aliphatic heterocycles. The van der Waals surface area contributed by atoms with Crippen LogP contribution in [0.4, 0.5) is 29.3 Å². The first-order chi connectivity index (χ1) is 17.0. The number of ether oxygens (including phenoxy) is 1. The minimum atomic E-state index is -5.04. The van der Waals surface area contributed by atoms with Gasteiger partial charge in [-0.25, -0.2) is 9.69 Å². The maximum atomic E-state index is 13.3. The first-order valence-electron chi connectivity index (χ1n) is 10.6. The Hall–Kier alpha value is -4.48. The van der Waals surface area contributed by atoms with Gasteiger partial charge < -0.3 is 15.0 Å². The molecule has 1 aromatic carbocycles. The second-order valence-electron chi connectivity index (χ2n) is 8.35. The van der Waals surface area contributed by atoms with Gasteiger partial charge in [0.25, 0.3) is 11.8 Å². The summed E-state index contributed by atoms with van der Waals surface area (Å²) in [5.41, 5.74) is -0.852. The fourth-order valence-electron chi connectivity index (χ4n) is 3.66. The van der Waals surface area contributed by atoms with Crippen molar-refractivity contribution in [3.05, 3.63) is 78.4 Å². The predicted octanol–water partition coefficient (Wildman–Crippen LogP) is 4.37. The lowest BCUT2D eigenvalue weighted by molar-refractivity contribution is -0.274. The van der Waals surface area contributed by atoms with E-state index in [9.17, 15) is 27.6 Å². The number of pyridine rings is 2. The van der Waals surface area contributed by atoms with Crippen LogP contribution in [0.2, 0.25) is 0 Å². The molecular formula is C24H20F3N5O4. The molecule has 0 atom stereocenters. The van der Waals surface area contributed by atoms with E-state index in [2.05, 4.69) is 20.0 Å². The smallest absolute Gasteiger partial charge is 0.404 e. The average molecular weight is 499 g/mol. The van der Waals surface area contributed by atoms with E-state index in [1.807, 2.05) is 0 Å². The fourth-order valence-corrected chi connectivity index (χ4v) is 3.66. The standard InChI is InChI=1S/C24H20F3N5O4/c1-23(2)21(34)32(22(35)31(23)14-15-7-10-28-11-8-15)17-5-6-19(36-24(25,26)27)18(12-17)30-20(33)16-4-3-9-29-13-16/h3-13H,14H2,1-2H3,(H,30,33). The second kappa shape index (κ2) is 9.29.